The largest absolute Gasteiger partial charge is 0.455 e. The Hall–Kier alpha value is -7.68. The molecule has 0 unspecified atom stereocenters. The van der Waals surface area contributed by atoms with Gasteiger partial charge < -0.3 is 9.32 Å². The van der Waals surface area contributed by atoms with Crippen LogP contribution in [0.4, 0.5) is 17.1 Å². The van der Waals surface area contributed by atoms with E-state index in [4.69, 9.17) is 4.42 Å². The second-order valence-electron chi connectivity index (χ2n) is 17.0. The maximum absolute atomic E-state index is 6.64. The molecule has 11 rings (SSSR count). The Morgan fingerprint density at radius 1 is 0.344 bits per heavy atom. The Morgan fingerprint density at radius 3 is 1.45 bits per heavy atom. The summed E-state index contributed by atoms with van der Waals surface area (Å²) in [6.07, 6.45) is 0. The summed E-state index contributed by atoms with van der Waals surface area (Å²) in [5.41, 5.74) is 22.4. The molecular formula is C58H43B4NO. The van der Waals surface area contributed by atoms with Crippen LogP contribution in [0.15, 0.2) is 217 Å². The van der Waals surface area contributed by atoms with E-state index in [1.807, 2.05) is 0 Å². The Bertz CT molecular complexity index is 3480. The molecule has 1 heterocycles. The first kappa shape index (κ1) is 39.2. The molecule has 64 heavy (non-hydrogen) atoms. The molecule has 0 radical (unpaired) electrons. The maximum Gasteiger partial charge on any atom is 0.143 e. The minimum absolute atomic E-state index is 0.892. The van der Waals surface area contributed by atoms with Crippen LogP contribution in [0.25, 0.3) is 88.3 Å². The van der Waals surface area contributed by atoms with Gasteiger partial charge in [-0.25, -0.2) is 0 Å². The van der Waals surface area contributed by atoms with Gasteiger partial charge in [0.15, 0.2) is 0 Å². The quantitative estimate of drug-likeness (QED) is 0.142. The van der Waals surface area contributed by atoms with E-state index >= 15 is 0 Å². The lowest BCUT2D eigenvalue weighted by Gasteiger charge is -2.33. The molecule has 0 N–H and O–H groups in total. The first-order chi connectivity index (χ1) is 31.4. The van der Waals surface area contributed by atoms with E-state index in [0.717, 1.165) is 49.8 Å². The fourth-order valence-corrected chi connectivity index (χ4v) is 9.82. The van der Waals surface area contributed by atoms with E-state index in [9.17, 15) is 0 Å². The third-order valence-corrected chi connectivity index (χ3v) is 13.3. The molecule has 0 saturated heterocycles. The lowest BCUT2D eigenvalue weighted by molar-refractivity contribution is 0.673. The van der Waals surface area contributed by atoms with E-state index in [1.54, 1.807) is 0 Å². The molecule has 0 spiro atoms. The van der Waals surface area contributed by atoms with Crippen LogP contribution in [0.2, 0.25) is 0 Å². The smallest absolute Gasteiger partial charge is 0.143 e. The maximum atomic E-state index is 6.64. The highest BCUT2D eigenvalue weighted by atomic mass is 16.3. The number of fused-ring (bicyclic) bond motifs is 5. The molecule has 0 fully saturated rings. The SMILES string of the molecule is Bc1c(B)c(N(c2ccc(-c3ccc(-c4ccccc4)cc3)cc2)c2cccc(-c3cccc4oc5c6ccccc6ccc5c34)c2)c(B)c(B)c1-c1ccc(-c2ccccc2)cc1. The van der Waals surface area contributed by atoms with Crippen molar-refractivity contribution in [3.63, 3.8) is 0 Å². The van der Waals surface area contributed by atoms with Crippen molar-refractivity contribution in [3.8, 4) is 55.6 Å². The van der Waals surface area contributed by atoms with Gasteiger partial charge in [-0.15, -0.1) is 0 Å². The zero-order valence-corrected chi connectivity index (χ0v) is 36.6. The van der Waals surface area contributed by atoms with Crippen molar-refractivity contribution in [1.29, 1.82) is 0 Å². The van der Waals surface area contributed by atoms with Crippen molar-refractivity contribution >= 4 is 103 Å². The van der Waals surface area contributed by atoms with E-state index < -0.39 is 0 Å². The first-order valence-electron chi connectivity index (χ1n) is 22.2. The molecule has 0 amide bonds. The van der Waals surface area contributed by atoms with Crippen molar-refractivity contribution in [1.82, 2.24) is 0 Å². The van der Waals surface area contributed by atoms with Crippen molar-refractivity contribution in [2.45, 2.75) is 0 Å². The lowest BCUT2D eigenvalue weighted by Crippen LogP contribution is -2.46. The molecule has 298 valence electrons. The van der Waals surface area contributed by atoms with Crippen molar-refractivity contribution in [2.24, 2.45) is 0 Å². The standard InChI is InChI=1S/C58H43B4NO/c59-53-51(43-27-25-39(26-28-43)37-13-5-2-6-14-37)54(60)56(62)57(55(53)61)63(45-32-29-41(30-33-45)40-23-21-38(22-24-40)36-11-3-1-4-12-36)46-17-9-16-44(35-46)47-19-10-20-50-52(47)49-34-31-42-15-7-8-18-48(42)58(49)64-50/h1-35H,59-62H2. The van der Waals surface area contributed by atoms with E-state index in [1.165, 1.54) is 77.4 Å². The predicted molar refractivity (Wildman–Crippen MR) is 286 cm³/mol. The molecule has 6 heteroatoms. The van der Waals surface area contributed by atoms with Gasteiger partial charge >= 0.3 is 0 Å². The van der Waals surface area contributed by atoms with Gasteiger partial charge in [-0.3, -0.25) is 0 Å². The third-order valence-electron chi connectivity index (χ3n) is 13.3. The van der Waals surface area contributed by atoms with Crippen LogP contribution < -0.4 is 26.8 Å². The Labute approximate surface area is 378 Å². The Morgan fingerprint density at radius 2 is 0.844 bits per heavy atom. The highest BCUT2D eigenvalue weighted by molar-refractivity contribution is 6.63. The van der Waals surface area contributed by atoms with Gasteiger partial charge in [0.05, 0.1) is 0 Å². The van der Waals surface area contributed by atoms with Crippen LogP contribution in [0, 0.1) is 0 Å². The number of furan rings is 1. The van der Waals surface area contributed by atoms with E-state index in [2.05, 4.69) is 249 Å². The van der Waals surface area contributed by atoms with Crippen LogP contribution in [-0.2, 0) is 0 Å². The molecule has 0 aliphatic heterocycles. The molecular weight excluding hydrogens is 770 g/mol. The van der Waals surface area contributed by atoms with Gasteiger partial charge in [-0.2, -0.15) is 0 Å². The summed E-state index contributed by atoms with van der Waals surface area (Å²) in [7, 11) is 9.16. The van der Waals surface area contributed by atoms with Crippen LogP contribution >= 0.6 is 0 Å². The first-order valence-corrected chi connectivity index (χ1v) is 22.2. The summed E-state index contributed by atoms with van der Waals surface area (Å²) in [5, 5.41) is 4.57. The van der Waals surface area contributed by atoms with Gasteiger partial charge in [0, 0.05) is 33.2 Å². The minimum atomic E-state index is 0.892. The highest BCUT2D eigenvalue weighted by Gasteiger charge is 2.23. The van der Waals surface area contributed by atoms with Crippen molar-refractivity contribution in [3.05, 3.63) is 212 Å². The fraction of sp³-hybridized carbons (Fsp3) is 0. The molecule has 0 aliphatic rings. The lowest BCUT2D eigenvalue weighted by atomic mass is 9.64. The van der Waals surface area contributed by atoms with E-state index in [-0.39, 0.29) is 0 Å². The zero-order valence-electron chi connectivity index (χ0n) is 36.6. The summed E-state index contributed by atoms with van der Waals surface area (Å²) in [4.78, 5) is 2.47. The van der Waals surface area contributed by atoms with Gasteiger partial charge in [0.2, 0.25) is 0 Å². The Balaban J connectivity index is 1.05. The number of anilines is 3. The average molecular weight is 813 g/mol. The molecule has 10 aromatic carbocycles. The fourth-order valence-electron chi connectivity index (χ4n) is 9.82. The normalized spacial score (nSPS) is 11.4. The molecule has 11 aromatic rings. The van der Waals surface area contributed by atoms with Gasteiger partial charge in [-0.05, 0) is 97.4 Å². The number of benzene rings is 10. The number of nitrogens with zero attached hydrogens (tertiary/aromatic N) is 1. The summed E-state index contributed by atoms with van der Waals surface area (Å²) < 4.78 is 6.64. The van der Waals surface area contributed by atoms with Crippen LogP contribution in [0.5, 0.6) is 0 Å². The Kier molecular flexibility index (Phi) is 9.93. The second kappa shape index (κ2) is 16.2. The van der Waals surface area contributed by atoms with Crippen molar-refractivity contribution < 1.29 is 4.42 Å². The highest BCUT2D eigenvalue weighted by Crippen LogP contribution is 2.42. The molecule has 0 bridgehead atoms. The number of hydrogen-bond donors (Lipinski definition) is 0. The molecule has 1 aromatic heterocycles. The number of hydrogen-bond acceptors (Lipinski definition) is 2. The topological polar surface area (TPSA) is 16.4 Å². The molecule has 0 aliphatic carbocycles. The zero-order chi connectivity index (χ0) is 43.3. The van der Waals surface area contributed by atoms with Crippen molar-refractivity contribution in [2.75, 3.05) is 4.90 Å². The third kappa shape index (κ3) is 6.83. The van der Waals surface area contributed by atoms with Crippen LogP contribution in [0.3, 0.4) is 0 Å². The molecule has 0 atom stereocenters. The minimum Gasteiger partial charge on any atom is -0.455 e. The molecule has 0 saturated carbocycles. The molecule has 2 nitrogen and oxygen atoms in total. The van der Waals surface area contributed by atoms with Gasteiger partial charge in [0.1, 0.15) is 42.6 Å². The summed E-state index contributed by atoms with van der Waals surface area (Å²) in [5.74, 6) is 0. The summed E-state index contributed by atoms with van der Waals surface area (Å²) in [6.45, 7) is 0. The van der Waals surface area contributed by atoms with E-state index in [0.29, 0.717) is 0 Å². The summed E-state index contributed by atoms with van der Waals surface area (Å²) >= 11 is 0. The number of rotatable bonds is 8. The second-order valence-corrected chi connectivity index (χ2v) is 17.0. The van der Waals surface area contributed by atoms with Gasteiger partial charge in [0.25, 0.3) is 0 Å². The van der Waals surface area contributed by atoms with Gasteiger partial charge in [-0.1, -0.05) is 198 Å². The van der Waals surface area contributed by atoms with Crippen LogP contribution in [-0.4, -0.2) is 31.4 Å². The predicted octanol–water partition coefficient (Wildman–Crippen LogP) is 9.58. The van der Waals surface area contributed by atoms with Crippen LogP contribution in [0.1, 0.15) is 0 Å². The average Bonchev–Trinajstić information content (AvgIpc) is 3.75. The summed E-state index contributed by atoms with van der Waals surface area (Å²) in [6, 6.07) is 76.6. The monoisotopic (exact) mass is 813 g/mol.